The SMILES string of the molecule is COc1ccc(C(C/C(O)=C(/C)[N+]#N)C(C)C)cc1. The van der Waals surface area contributed by atoms with E-state index in [9.17, 15) is 5.11 Å². The highest BCUT2D eigenvalue weighted by molar-refractivity contribution is 5.30. The molecule has 0 aromatic heterocycles. The molecule has 0 radical (unpaired) electrons. The molecule has 0 amide bonds. The highest BCUT2D eigenvalue weighted by atomic mass is 16.5. The standard InChI is InChI=1S/C15H20N2O2/c1-10(2)14(9-15(18)11(3)17-16)12-5-7-13(19-4)8-6-12/h5-8,10,14H,9H2,1-4H3/p+1/b15-11+. The Labute approximate surface area is 114 Å². The topological polar surface area (TPSA) is 57.6 Å². The van der Waals surface area contributed by atoms with E-state index in [1.807, 2.05) is 24.3 Å². The van der Waals surface area contributed by atoms with Crippen molar-refractivity contribution in [1.29, 1.82) is 5.39 Å². The molecule has 0 aliphatic heterocycles. The van der Waals surface area contributed by atoms with E-state index in [0.29, 0.717) is 12.3 Å². The van der Waals surface area contributed by atoms with Crippen LogP contribution in [0.3, 0.4) is 0 Å². The number of aliphatic hydroxyl groups excluding tert-OH is 1. The average molecular weight is 261 g/mol. The average Bonchev–Trinajstić information content (AvgIpc) is 2.43. The zero-order valence-electron chi connectivity index (χ0n) is 11.9. The maximum Gasteiger partial charge on any atom is 0.395 e. The van der Waals surface area contributed by atoms with E-state index in [0.717, 1.165) is 11.3 Å². The summed E-state index contributed by atoms with van der Waals surface area (Å²) in [6, 6.07) is 7.83. The second-order valence-corrected chi connectivity index (χ2v) is 4.96. The van der Waals surface area contributed by atoms with Crippen LogP contribution in [0.5, 0.6) is 5.75 Å². The van der Waals surface area contributed by atoms with Crippen LogP contribution in [0.25, 0.3) is 4.98 Å². The molecule has 1 N–H and O–H groups in total. The van der Waals surface area contributed by atoms with Gasteiger partial charge in [-0.25, -0.2) is 0 Å². The van der Waals surface area contributed by atoms with E-state index in [2.05, 4.69) is 18.8 Å². The van der Waals surface area contributed by atoms with Gasteiger partial charge in [-0.3, -0.25) is 0 Å². The summed E-state index contributed by atoms with van der Waals surface area (Å²) >= 11 is 0. The Hall–Kier alpha value is -2.02. The summed E-state index contributed by atoms with van der Waals surface area (Å²) in [5, 5.41) is 18.6. The number of nitrogens with zero attached hydrogens (tertiary/aromatic N) is 2. The van der Waals surface area contributed by atoms with Crippen molar-refractivity contribution >= 4 is 0 Å². The first kappa shape index (κ1) is 15.0. The second-order valence-electron chi connectivity index (χ2n) is 4.96. The number of ether oxygens (including phenoxy) is 1. The molecule has 0 spiro atoms. The predicted molar refractivity (Wildman–Crippen MR) is 75.6 cm³/mol. The van der Waals surface area contributed by atoms with Gasteiger partial charge in [0, 0.05) is 13.3 Å². The number of diazo groups is 1. The first-order chi connectivity index (χ1) is 8.99. The molecule has 102 valence electrons. The molecule has 19 heavy (non-hydrogen) atoms. The lowest BCUT2D eigenvalue weighted by Gasteiger charge is -2.20. The third-order valence-corrected chi connectivity index (χ3v) is 3.33. The number of benzene rings is 1. The fraction of sp³-hybridized carbons (Fsp3) is 0.467. The number of hydrogen-bond donors (Lipinski definition) is 1. The van der Waals surface area contributed by atoms with Gasteiger partial charge in [-0.15, -0.1) is 0 Å². The van der Waals surface area contributed by atoms with Crippen LogP contribution in [-0.4, -0.2) is 12.2 Å². The molecule has 1 unspecified atom stereocenters. The largest absolute Gasteiger partial charge is 0.505 e. The molecule has 1 aromatic carbocycles. The Morgan fingerprint density at radius 3 is 2.32 bits per heavy atom. The van der Waals surface area contributed by atoms with Crippen molar-refractivity contribution in [3.8, 4) is 5.75 Å². The molecule has 0 bridgehead atoms. The fourth-order valence-corrected chi connectivity index (χ4v) is 2.00. The van der Waals surface area contributed by atoms with Gasteiger partial charge in [0.05, 0.1) is 7.11 Å². The summed E-state index contributed by atoms with van der Waals surface area (Å²) in [6.45, 7) is 5.79. The summed E-state index contributed by atoms with van der Waals surface area (Å²) in [7, 11) is 1.63. The minimum absolute atomic E-state index is 0.122. The third kappa shape index (κ3) is 3.99. The molecule has 0 saturated heterocycles. The Bertz CT molecular complexity index is 484. The minimum atomic E-state index is 0.122. The van der Waals surface area contributed by atoms with Gasteiger partial charge in [-0.05, 0) is 29.5 Å². The summed E-state index contributed by atoms with van der Waals surface area (Å²) in [6.07, 6.45) is 0.458. The Morgan fingerprint density at radius 1 is 1.32 bits per heavy atom. The Kier molecular flexibility index (Phi) is 5.37. The predicted octanol–water partition coefficient (Wildman–Crippen LogP) is 4.47. The number of hydrogen-bond acceptors (Lipinski definition) is 3. The van der Waals surface area contributed by atoms with Gasteiger partial charge >= 0.3 is 5.70 Å². The number of rotatable bonds is 5. The highest BCUT2D eigenvalue weighted by Gasteiger charge is 2.22. The van der Waals surface area contributed by atoms with Gasteiger partial charge in [-0.1, -0.05) is 26.0 Å². The maximum atomic E-state index is 9.90. The van der Waals surface area contributed by atoms with E-state index in [4.69, 9.17) is 10.1 Å². The summed E-state index contributed by atoms with van der Waals surface area (Å²) < 4.78 is 5.14. The molecule has 4 nitrogen and oxygen atoms in total. The van der Waals surface area contributed by atoms with E-state index in [1.165, 1.54) is 0 Å². The summed E-state index contributed by atoms with van der Waals surface area (Å²) in [4.78, 5) is 3.03. The van der Waals surface area contributed by atoms with Crippen molar-refractivity contribution in [2.75, 3.05) is 7.11 Å². The third-order valence-electron chi connectivity index (χ3n) is 3.33. The van der Waals surface area contributed by atoms with Crippen LogP contribution in [0.4, 0.5) is 0 Å². The van der Waals surface area contributed by atoms with Crippen LogP contribution >= 0.6 is 0 Å². The van der Waals surface area contributed by atoms with Crippen LogP contribution in [0.2, 0.25) is 0 Å². The summed E-state index contributed by atoms with van der Waals surface area (Å²) in [5.41, 5.74) is 1.40. The Balaban J connectivity index is 2.98. The van der Waals surface area contributed by atoms with Gasteiger partial charge in [-0.2, -0.15) is 0 Å². The molecule has 1 aromatic rings. The lowest BCUT2D eigenvalue weighted by atomic mass is 9.85. The van der Waals surface area contributed by atoms with Crippen molar-refractivity contribution in [3.63, 3.8) is 0 Å². The highest BCUT2D eigenvalue weighted by Crippen LogP contribution is 2.32. The monoisotopic (exact) mass is 261 g/mol. The molecule has 0 saturated carbocycles. The van der Waals surface area contributed by atoms with E-state index in [-0.39, 0.29) is 17.4 Å². The first-order valence-corrected chi connectivity index (χ1v) is 6.37. The Morgan fingerprint density at radius 2 is 1.89 bits per heavy atom. The number of allylic oxidation sites excluding steroid dienone is 2. The maximum absolute atomic E-state index is 9.90. The minimum Gasteiger partial charge on any atom is -0.505 e. The molecule has 0 heterocycles. The number of methoxy groups -OCH3 is 1. The van der Waals surface area contributed by atoms with Gasteiger partial charge < -0.3 is 9.84 Å². The van der Waals surface area contributed by atoms with Crippen LogP contribution in [-0.2, 0) is 0 Å². The molecular formula is C15H21N2O2+. The molecule has 0 aliphatic rings. The van der Waals surface area contributed by atoms with Crippen LogP contribution in [0, 0.1) is 11.3 Å². The molecular weight excluding hydrogens is 240 g/mol. The smallest absolute Gasteiger partial charge is 0.395 e. The molecule has 0 fully saturated rings. The van der Waals surface area contributed by atoms with Gasteiger partial charge in [0.1, 0.15) is 5.75 Å². The van der Waals surface area contributed by atoms with Crippen molar-refractivity contribution in [2.45, 2.75) is 33.1 Å². The van der Waals surface area contributed by atoms with Crippen molar-refractivity contribution in [1.82, 2.24) is 0 Å². The zero-order chi connectivity index (χ0) is 14.4. The molecule has 1 atom stereocenters. The zero-order valence-corrected chi connectivity index (χ0v) is 11.9. The van der Waals surface area contributed by atoms with Gasteiger partial charge in [0.25, 0.3) is 0 Å². The van der Waals surface area contributed by atoms with E-state index >= 15 is 0 Å². The fourth-order valence-electron chi connectivity index (χ4n) is 2.00. The molecule has 1 rings (SSSR count). The summed E-state index contributed by atoms with van der Waals surface area (Å²) in [5.74, 6) is 1.47. The second kappa shape index (κ2) is 6.79. The van der Waals surface area contributed by atoms with E-state index < -0.39 is 0 Å². The normalized spacial score (nSPS) is 13.7. The lowest BCUT2D eigenvalue weighted by molar-refractivity contribution is 0.346. The van der Waals surface area contributed by atoms with Gasteiger partial charge in [0.15, 0.2) is 10.7 Å². The van der Waals surface area contributed by atoms with Gasteiger partial charge in [0.2, 0.25) is 5.39 Å². The van der Waals surface area contributed by atoms with Crippen LogP contribution in [0.15, 0.2) is 35.7 Å². The molecule has 4 heteroatoms. The van der Waals surface area contributed by atoms with Crippen molar-refractivity contribution in [2.24, 2.45) is 5.92 Å². The quantitative estimate of drug-likeness (QED) is 0.628. The molecule has 0 aliphatic carbocycles. The number of aliphatic hydroxyl groups is 1. The van der Waals surface area contributed by atoms with Crippen molar-refractivity contribution in [3.05, 3.63) is 46.3 Å². The first-order valence-electron chi connectivity index (χ1n) is 6.37. The van der Waals surface area contributed by atoms with Crippen LogP contribution < -0.4 is 4.74 Å². The van der Waals surface area contributed by atoms with E-state index in [1.54, 1.807) is 14.0 Å². The van der Waals surface area contributed by atoms with Crippen LogP contribution in [0.1, 0.15) is 38.7 Å². The lowest BCUT2D eigenvalue weighted by Crippen LogP contribution is -2.08. The van der Waals surface area contributed by atoms with Crippen molar-refractivity contribution < 1.29 is 9.84 Å².